The van der Waals surface area contributed by atoms with Crippen molar-refractivity contribution in [1.82, 2.24) is 5.32 Å². The van der Waals surface area contributed by atoms with Crippen LogP contribution in [0.5, 0.6) is 5.75 Å². The highest BCUT2D eigenvalue weighted by molar-refractivity contribution is 9.10. The molecule has 0 aromatic heterocycles. The zero-order valence-corrected chi connectivity index (χ0v) is 10.9. The van der Waals surface area contributed by atoms with E-state index in [4.69, 9.17) is 4.74 Å². The van der Waals surface area contributed by atoms with Crippen LogP contribution in [0.2, 0.25) is 0 Å². The zero-order valence-electron chi connectivity index (χ0n) is 9.33. The SMILES string of the molecule is O=C1NC2(CC[NH2+]CC2)Oc2ccc(Br)cc21. The molecule has 0 aliphatic carbocycles. The molecule has 0 atom stereocenters. The van der Waals surface area contributed by atoms with E-state index in [-0.39, 0.29) is 5.91 Å². The van der Waals surface area contributed by atoms with Gasteiger partial charge in [0.05, 0.1) is 31.5 Å². The summed E-state index contributed by atoms with van der Waals surface area (Å²) in [5.41, 5.74) is 0.131. The number of rotatable bonds is 0. The fourth-order valence-corrected chi connectivity index (χ4v) is 2.81. The first-order valence-electron chi connectivity index (χ1n) is 5.81. The van der Waals surface area contributed by atoms with Gasteiger partial charge >= 0.3 is 0 Å². The number of ether oxygens (including phenoxy) is 1. The fraction of sp³-hybridized carbons (Fsp3) is 0.417. The number of piperidine rings is 1. The number of nitrogens with one attached hydrogen (secondary N) is 1. The molecule has 5 heteroatoms. The van der Waals surface area contributed by atoms with Crippen molar-refractivity contribution in [2.24, 2.45) is 0 Å². The van der Waals surface area contributed by atoms with Gasteiger partial charge in [0.25, 0.3) is 5.91 Å². The van der Waals surface area contributed by atoms with Crippen molar-refractivity contribution < 1.29 is 14.8 Å². The number of hydrogen-bond donors (Lipinski definition) is 2. The van der Waals surface area contributed by atoms with Gasteiger partial charge in [-0.3, -0.25) is 4.79 Å². The Morgan fingerprint density at radius 3 is 2.88 bits per heavy atom. The van der Waals surface area contributed by atoms with Crippen molar-refractivity contribution in [1.29, 1.82) is 0 Å². The Morgan fingerprint density at radius 2 is 2.12 bits per heavy atom. The molecule has 1 amide bonds. The molecular weight excluding hydrogens is 284 g/mol. The maximum Gasteiger partial charge on any atom is 0.258 e. The predicted octanol–water partition coefficient (Wildman–Crippen LogP) is 0.625. The van der Waals surface area contributed by atoms with Crippen LogP contribution in [0.15, 0.2) is 22.7 Å². The van der Waals surface area contributed by atoms with Crippen LogP contribution in [0.3, 0.4) is 0 Å². The Hall–Kier alpha value is -1.07. The van der Waals surface area contributed by atoms with Gasteiger partial charge in [0.15, 0.2) is 5.72 Å². The van der Waals surface area contributed by atoms with Gasteiger partial charge in [-0.25, -0.2) is 0 Å². The van der Waals surface area contributed by atoms with E-state index in [0.29, 0.717) is 11.3 Å². The molecular formula is C12H14BrN2O2+. The number of halogens is 1. The molecule has 2 aliphatic heterocycles. The van der Waals surface area contributed by atoms with E-state index >= 15 is 0 Å². The Bertz CT molecular complexity index is 470. The third-order valence-electron chi connectivity index (χ3n) is 3.34. The minimum Gasteiger partial charge on any atom is -0.467 e. The van der Waals surface area contributed by atoms with Gasteiger partial charge in [0, 0.05) is 4.47 Å². The van der Waals surface area contributed by atoms with Crippen LogP contribution in [0.25, 0.3) is 0 Å². The minimum atomic E-state index is -0.480. The van der Waals surface area contributed by atoms with Crippen molar-refractivity contribution in [2.75, 3.05) is 13.1 Å². The van der Waals surface area contributed by atoms with Gasteiger partial charge in [0.1, 0.15) is 5.75 Å². The summed E-state index contributed by atoms with van der Waals surface area (Å²) in [6, 6.07) is 5.56. The highest BCUT2D eigenvalue weighted by Gasteiger charge is 2.42. The lowest BCUT2D eigenvalue weighted by molar-refractivity contribution is -0.668. The summed E-state index contributed by atoms with van der Waals surface area (Å²) in [6.07, 6.45) is 1.71. The van der Waals surface area contributed by atoms with E-state index < -0.39 is 5.72 Å². The van der Waals surface area contributed by atoms with Gasteiger partial charge in [-0.1, -0.05) is 15.9 Å². The summed E-state index contributed by atoms with van der Waals surface area (Å²) >= 11 is 3.36. The molecule has 1 aromatic rings. The average Bonchev–Trinajstić information content (AvgIpc) is 2.31. The maximum atomic E-state index is 12.1. The van der Waals surface area contributed by atoms with E-state index in [1.807, 2.05) is 12.1 Å². The molecule has 0 unspecified atom stereocenters. The summed E-state index contributed by atoms with van der Waals surface area (Å²) in [7, 11) is 0. The van der Waals surface area contributed by atoms with Crippen molar-refractivity contribution in [2.45, 2.75) is 18.6 Å². The quantitative estimate of drug-likeness (QED) is 0.738. The van der Waals surface area contributed by atoms with Crippen molar-refractivity contribution in [3.63, 3.8) is 0 Å². The minimum absolute atomic E-state index is 0.0329. The first-order valence-corrected chi connectivity index (χ1v) is 6.61. The third-order valence-corrected chi connectivity index (χ3v) is 3.83. The lowest BCUT2D eigenvalue weighted by Gasteiger charge is -2.40. The molecule has 1 fully saturated rings. The van der Waals surface area contributed by atoms with Gasteiger partial charge < -0.3 is 15.4 Å². The Labute approximate surface area is 108 Å². The van der Waals surface area contributed by atoms with E-state index in [1.54, 1.807) is 6.07 Å². The lowest BCUT2D eigenvalue weighted by atomic mass is 9.98. The number of quaternary nitrogens is 1. The smallest absolute Gasteiger partial charge is 0.258 e. The zero-order chi connectivity index (χ0) is 11.9. The van der Waals surface area contributed by atoms with Gasteiger partial charge in [-0.05, 0) is 18.2 Å². The van der Waals surface area contributed by atoms with Crippen molar-refractivity contribution in [3.05, 3.63) is 28.2 Å². The molecule has 3 rings (SSSR count). The number of hydrogen-bond acceptors (Lipinski definition) is 2. The summed E-state index contributed by atoms with van der Waals surface area (Å²) < 4.78 is 6.90. The third kappa shape index (κ3) is 1.93. The first-order chi connectivity index (χ1) is 8.19. The van der Waals surface area contributed by atoms with Gasteiger partial charge in [0.2, 0.25) is 0 Å². The normalized spacial score (nSPS) is 21.6. The van der Waals surface area contributed by atoms with Gasteiger partial charge in [-0.15, -0.1) is 0 Å². The molecule has 0 saturated carbocycles. The summed E-state index contributed by atoms with van der Waals surface area (Å²) in [5, 5.41) is 5.26. The number of benzene rings is 1. The molecule has 17 heavy (non-hydrogen) atoms. The number of carbonyl (C=O) groups excluding carboxylic acids is 1. The van der Waals surface area contributed by atoms with Crippen LogP contribution < -0.4 is 15.4 Å². The van der Waals surface area contributed by atoms with Gasteiger partial charge in [-0.2, -0.15) is 0 Å². The molecule has 0 radical (unpaired) electrons. The molecule has 3 N–H and O–H groups in total. The second-order valence-corrected chi connectivity index (χ2v) is 5.47. The van der Waals surface area contributed by atoms with Crippen molar-refractivity contribution >= 4 is 21.8 Å². The van der Waals surface area contributed by atoms with Crippen LogP contribution in [-0.2, 0) is 0 Å². The second kappa shape index (κ2) is 3.99. The topological polar surface area (TPSA) is 54.9 Å². The summed E-state index contributed by atoms with van der Waals surface area (Å²) in [4.78, 5) is 12.1. The fourth-order valence-electron chi connectivity index (χ4n) is 2.45. The number of nitrogens with two attached hydrogens (primary N) is 1. The van der Waals surface area contributed by atoms with E-state index in [9.17, 15) is 4.79 Å². The summed E-state index contributed by atoms with van der Waals surface area (Å²) in [6.45, 7) is 1.98. The van der Waals surface area contributed by atoms with Crippen molar-refractivity contribution in [3.8, 4) is 5.75 Å². The Kier molecular flexibility index (Phi) is 2.60. The molecule has 1 spiro atoms. The number of carbonyl (C=O) groups is 1. The number of fused-ring (bicyclic) bond motifs is 1. The Morgan fingerprint density at radius 1 is 1.35 bits per heavy atom. The molecule has 2 aliphatic rings. The van der Waals surface area contributed by atoms with E-state index in [2.05, 4.69) is 26.6 Å². The Balaban J connectivity index is 1.97. The standard InChI is InChI=1S/C12H13BrN2O2/c13-8-1-2-10-9(7-8)11(16)15-12(17-10)3-5-14-6-4-12/h1-2,7,14H,3-6H2,(H,15,16)/p+1. The molecule has 0 bridgehead atoms. The van der Waals surface area contributed by atoms with Crippen LogP contribution in [0.1, 0.15) is 23.2 Å². The lowest BCUT2D eigenvalue weighted by Crippen LogP contribution is -2.89. The molecule has 1 aromatic carbocycles. The second-order valence-electron chi connectivity index (χ2n) is 4.56. The highest BCUT2D eigenvalue weighted by Crippen LogP contribution is 2.32. The van der Waals surface area contributed by atoms with E-state index in [0.717, 1.165) is 30.4 Å². The molecule has 90 valence electrons. The highest BCUT2D eigenvalue weighted by atomic mass is 79.9. The monoisotopic (exact) mass is 297 g/mol. The van der Waals surface area contributed by atoms with Crippen LogP contribution >= 0.6 is 15.9 Å². The first kappa shape index (κ1) is 11.0. The van der Waals surface area contributed by atoms with Crippen LogP contribution in [0.4, 0.5) is 0 Å². The predicted molar refractivity (Wildman–Crippen MR) is 65.9 cm³/mol. The van der Waals surface area contributed by atoms with Crippen LogP contribution in [0, 0.1) is 0 Å². The largest absolute Gasteiger partial charge is 0.467 e. The van der Waals surface area contributed by atoms with Crippen LogP contribution in [-0.4, -0.2) is 24.7 Å². The average molecular weight is 298 g/mol. The van der Waals surface area contributed by atoms with E-state index in [1.165, 1.54) is 0 Å². The molecule has 4 nitrogen and oxygen atoms in total. The number of amides is 1. The maximum absolute atomic E-state index is 12.1. The summed E-state index contributed by atoms with van der Waals surface area (Å²) in [5.74, 6) is 0.660. The molecule has 2 heterocycles. The molecule has 1 saturated heterocycles.